The lowest BCUT2D eigenvalue weighted by atomic mass is 10.3. The number of aromatic nitrogens is 2. The number of nitrogens with one attached hydrogen (secondary N) is 1. The minimum atomic E-state index is 0.702. The quantitative estimate of drug-likeness (QED) is 0.723. The van der Waals surface area contributed by atoms with Gasteiger partial charge in [-0.1, -0.05) is 6.92 Å². The predicted molar refractivity (Wildman–Crippen MR) is 61.3 cm³/mol. The third kappa shape index (κ3) is 3.23. The largest absolute Gasteiger partial charge is 0.488 e. The molecule has 0 spiro atoms. The van der Waals surface area contributed by atoms with Gasteiger partial charge in [0, 0.05) is 13.6 Å². The van der Waals surface area contributed by atoms with Gasteiger partial charge in [0.1, 0.15) is 12.3 Å². The topological polar surface area (TPSA) is 39.1 Å². The first-order chi connectivity index (χ1) is 7.16. The molecule has 0 aliphatic heterocycles. The van der Waals surface area contributed by atoms with Crippen LogP contribution in [0.5, 0.6) is 5.75 Å². The molecule has 1 N–H and O–H groups in total. The fourth-order valence-corrected chi connectivity index (χ4v) is 1.49. The molecule has 0 aliphatic carbocycles. The fourth-order valence-electron chi connectivity index (χ4n) is 1.49. The standard InChI is InChI=1S/C11H21N3O/c1-5-6-12-7-8-15-11-9(2)13-14(4)10(11)3/h12H,5-8H2,1-4H3. The minimum absolute atomic E-state index is 0.702. The fraction of sp³-hybridized carbons (Fsp3) is 0.727. The van der Waals surface area contributed by atoms with E-state index in [0.29, 0.717) is 6.61 Å². The molecule has 4 heteroatoms. The zero-order valence-corrected chi connectivity index (χ0v) is 10.1. The molecule has 0 fully saturated rings. The molecule has 1 heterocycles. The van der Waals surface area contributed by atoms with Crippen molar-refractivity contribution >= 4 is 0 Å². The van der Waals surface area contributed by atoms with Crippen LogP contribution in [-0.4, -0.2) is 29.5 Å². The van der Waals surface area contributed by atoms with Crippen molar-refractivity contribution in [3.63, 3.8) is 0 Å². The van der Waals surface area contributed by atoms with Crippen LogP contribution in [0.2, 0.25) is 0 Å². The maximum atomic E-state index is 5.69. The van der Waals surface area contributed by atoms with Gasteiger partial charge in [0.15, 0.2) is 5.75 Å². The molecule has 0 aliphatic rings. The van der Waals surface area contributed by atoms with Gasteiger partial charge in [-0.15, -0.1) is 0 Å². The van der Waals surface area contributed by atoms with Gasteiger partial charge in [-0.3, -0.25) is 4.68 Å². The molecule has 1 aromatic rings. The molecule has 0 atom stereocenters. The second-order valence-electron chi connectivity index (χ2n) is 3.72. The molecule has 1 aromatic heterocycles. The maximum Gasteiger partial charge on any atom is 0.163 e. The van der Waals surface area contributed by atoms with Crippen molar-refractivity contribution in [3.8, 4) is 5.75 Å². The van der Waals surface area contributed by atoms with Gasteiger partial charge in [-0.05, 0) is 26.8 Å². The van der Waals surface area contributed by atoms with Crippen LogP contribution in [0.25, 0.3) is 0 Å². The Kier molecular flexibility index (Phi) is 4.62. The molecule has 15 heavy (non-hydrogen) atoms. The van der Waals surface area contributed by atoms with E-state index < -0.39 is 0 Å². The van der Waals surface area contributed by atoms with Crippen molar-refractivity contribution in [3.05, 3.63) is 11.4 Å². The molecular formula is C11H21N3O. The zero-order chi connectivity index (χ0) is 11.3. The number of ether oxygens (including phenoxy) is 1. The Bertz CT molecular complexity index is 307. The summed E-state index contributed by atoms with van der Waals surface area (Å²) in [6, 6.07) is 0. The molecule has 86 valence electrons. The Balaban J connectivity index is 2.37. The van der Waals surface area contributed by atoms with Crippen LogP contribution in [0.4, 0.5) is 0 Å². The monoisotopic (exact) mass is 211 g/mol. The van der Waals surface area contributed by atoms with Crippen molar-refractivity contribution < 1.29 is 4.74 Å². The van der Waals surface area contributed by atoms with E-state index in [1.165, 1.54) is 0 Å². The predicted octanol–water partition coefficient (Wildman–Crippen LogP) is 1.42. The Morgan fingerprint density at radius 3 is 2.60 bits per heavy atom. The minimum Gasteiger partial charge on any atom is -0.488 e. The van der Waals surface area contributed by atoms with E-state index in [1.807, 2.05) is 25.6 Å². The summed E-state index contributed by atoms with van der Waals surface area (Å²) in [5, 5.41) is 7.60. The Morgan fingerprint density at radius 2 is 2.07 bits per heavy atom. The van der Waals surface area contributed by atoms with Gasteiger partial charge in [0.25, 0.3) is 0 Å². The average molecular weight is 211 g/mol. The van der Waals surface area contributed by atoms with E-state index >= 15 is 0 Å². The third-order valence-electron chi connectivity index (χ3n) is 2.39. The highest BCUT2D eigenvalue weighted by Gasteiger charge is 2.09. The van der Waals surface area contributed by atoms with E-state index in [4.69, 9.17) is 4.74 Å². The van der Waals surface area contributed by atoms with Crippen molar-refractivity contribution in [2.24, 2.45) is 7.05 Å². The number of hydrogen-bond donors (Lipinski definition) is 1. The molecule has 0 unspecified atom stereocenters. The van der Waals surface area contributed by atoms with E-state index in [2.05, 4.69) is 17.3 Å². The number of nitrogens with zero attached hydrogens (tertiary/aromatic N) is 2. The first kappa shape index (κ1) is 12.0. The number of rotatable bonds is 6. The Hall–Kier alpha value is -1.03. The third-order valence-corrected chi connectivity index (χ3v) is 2.39. The first-order valence-corrected chi connectivity index (χ1v) is 5.50. The van der Waals surface area contributed by atoms with Gasteiger partial charge < -0.3 is 10.1 Å². The van der Waals surface area contributed by atoms with Crippen LogP contribution in [0, 0.1) is 13.8 Å². The summed E-state index contributed by atoms with van der Waals surface area (Å²) in [6.07, 6.45) is 1.16. The summed E-state index contributed by atoms with van der Waals surface area (Å²) in [7, 11) is 1.94. The van der Waals surface area contributed by atoms with Crippen molar-refractivity contribution in [1.82, 2.24) is 15.1 Å². The smallest absolute Gasteiger partial charge is 0.163 e. The molecule has 0 radical (unpaired) electrons. The van der Waals surface area contributed by atoms with Crippen LogP contribution in [0.15, 0.2) is 0 Å². The van der Waals surface area contributed by atoms with Crippen molar-refractivity contribution in [2.45, 2.75) is 27.2 Å². The normalized spacial score (nSPS) is 10.7. The zero-order valence-electron chi connectivity index (χ0n) is 10.1. The van der Waals surface area contributed by atoms with Crippen LogP contribution in [0.3, 0.4) is 0 Å². The number of hydrogen-bond acceptors (Lipinski definition) is 3. The summed E-state index contributed by atoms with van der Waals surface area (Å²) >= 11 is 0. The van der Waals surface area contributed by atoms with Crippen molar-refractivity contribution in [1.29, 1.82) is 0 Å². The van der Waals surface area contributed by atoms with Crippen molar-refractivity contribution in [2.75, 3.05) is 19.7 Å². The van der Waals surface area contributed by atoms with Crippen LogP contribution < -0.4 is 10.1 Å². The van der Waals surface area contributed by atoms with Gasteiger partial charge in [-0.25, -0.2) is 0 Å². The summed E-state index contributed by atoms with van der Waals surface area (Å²) in [4.78, 5) is 0. The van der Waals surface area contributed by atoms with E-state index in [0.717, 1.165) is 36.6 Å². The molecule has 0 bridgehead atoms. The highest BCUT2D eigenvalue weighted by Crippen LogP contribution is 2.20. The number of aryl methyl sites for hydroxylation is 2. The Morgan fingerprint density at radius 1 is 1.33 bits per heavy atom. The lowest BCUT2D eigenvalue weighted by Crippen LogP contribution is -2.21. The summed E-state index contributed by atoms with van der Waals surface area (Å²) in [5.74, 6) is 0.927. The maximum absolute atomic E-state index is 5.69. The highest BCUT2D eigenvalue weighted by molar-refractivity contribution is 5.31. The van der Waals surface area contributed by atoms with Crippen LogP contribution in [-0.2, 0) is 7.05 Å². The summed E-state index contributed by atoms with van der Waals surface area (Å²) in [5.41, 5.74) is 2.05. The lowest BCUT2D eigenvalue weighted by Gasteiger charge is -2.07. The SMILES string of the molecule is CCCNCCOc1c(C)nn(C)c1C. The molecule has 0 amide bonds. The molecule has 1 rings (SSSR count). The lowest BCUT2D eigenvalue weighted by molar-refractivity contribution is 0.310. The van der Waals surface area contributed by atoms with Gasteiger partial charge in [-0.2, -0.15) is 5.10 Å². The van der Waals surface area contributed by atoms with Gasteiger partial charge in [0.05, 0.1) is 5.69 Å². The van der Waals surface area contributed by atoms with E-state index in [9.17, 15) is 0 Å². The average Bonchev–Trinajstić information content (AvgIpc) is 2.44. The van der Waals surface area contributed by atoms with Gasteiger partial charge in [0.2, 0.25) is 0 Å². The second-order valence-corrected chi connectivity index (χ2v) is 3.72. The van der Waals surface area contributed by atoms with E-state index in [1.54, 1.807) is 0 Å². The molecule has 0 aromatic carbocycles. The van der Waals surface area contributed by atoms with Gasteiger partial charge >= 0.3 is 0 Å². The molecular weight excluding hydrogens is 190 g/mol. The van der Waals surface area contributed by atoms with Crippen LogP contribution >= 0.6 is 0 Å². The first-order valence-electron chi connectivity index (χ1n) is 5.50. The highest BCUT2D eigenvalue weighted by atomic mass is 16.5. The summed E-state index contributed by atoms with van der Waals surface area (Å²) < 4.78 is 7.54. The molecule has 4 nitrogen and oxygen atoms in total. The summed E-state index contributed by atoms with van der Waals surface area (Å²) in [6.45, 7) is 8.79. The second kappa shape index (κ2) is 5.75. The molecule has 0 saturated carbocycles. The molecule has 0 saturated heterocycles. The van der Waals surface area contributed by atoms with Crippen LogP contribution in [0.1, 0.15) is 24.7 Å². The van der Waals surface area contributed by atoms with E-state index in [-0.39, 0.29) is 0 Å². The Labute approximate surface area is 91.6 Å².